The highest BCUT2D eigenvalue weighted by Crippen LogP contribution is 2.27. The summed E-state index contributed by atoms with van der Waals surface area (Å²) >= 11 is 0. The number of alkyl carbamates (subject to hydrolysis) is 2. The number of rotatable bonds is 21. The molecule has 0 aliphatic heterocycles. The van der Waals surface area contributed by atoms with Crippen molar-refractivity contribution in [1.29, 1.82) is 0 Å². The maximum Gasteiger partial charge on any atom is 0.435 e. The molecule has 20 heteroatoms. The van der Waals surface area contributed by atoms with Gasteiger partial charge in [0.05, 0.1) is 44.5 Å². The lowest BCUT2D eigenvalue weighted by Crippen LogP contribution is -2.48. The van der Waals surface area contributed by atoms with Crippen molar-refractivity contribution in [2.24, 2.45) is 0 Å². The highest BCUT2D eigenvalue weighted by Gasteiger charge is 2.46. The average Bonchev–Trinajstić information content (AvgIpc) is 3.11. The van der Waals surface area contributed by atoms with Gasteiger partial charge in [-0.25, -0.2) is 13.8 Å². The Hall–Kier alpha value is -4.89. The first kappa shape index (κ1) is 46.5. The van der Waals surface area contributed by atoms with E-state index < -0.39 is 63.4 Å². The molecule has 1 aliphatic rings. The van der Waals surface area contributed by atoms with Crippen molar-refractivity contribution < 1.29 is 73.4 Å². The number of benzene rings is 2. The van der Waals surface area contributed by atoms with Gasteiger partial charge in [-0.15, -0.1) is 0 Å². The second kappa shape index (κ2) is 21.6. The van der Waals surface area contributed by atoms with Gasteiger partial charge in [0, 0.05) is 36.2 Å². The minimum Gasteiger partial charge on any atom is -0.444 e. The third-order valence-electron chi connectivity index (χ3n) is 7.52. The Morgan fingerprint density at radius 2 is 1.44 bits per heavy atom. The summed E-state index contributed by atoms with van der Waals surface area (Å²) in [6, 6.07) is 9.20. The van der Waals surface area contributed by atoms with E-state index in [-0.39, 0.29) is 75.0 Å². The monoisotopic (exact) mass is 829 g/mol. The van der Waals surface area contributed by atoms with Gasteiger partial charge in [0.15, 0.2) is 11.6 Å². The number of Topliss-reactive ketones (excluding diaryl/α,β-unsaturated/α-hetero) is 1. The number of ketones is 2. The Morgan fingerprint density at radius 3 is 2.07 bits per heavy atom. The number of alkyl halides is 3. The Balaban J connectivity index is 1.36. The fourth-order valence-electron chi connectivity index (χ4n) is 4.88. The molecule has 0 bridgehead atoms. The summed E-state index contributed by atoms with van der Waals surface area (Å²) < 4.78 is 95.9. The van der Waals surface area contributed by atoms with E-state index in [1.54, 1.807) is 33.8 Å². The van der Waals surface area contributed by atoms with Crippen molar-refractivity contribution in [3.05, 3.63) is 76.4 Å². The van der Waals surface area contributed by atoms with E-state index in [4.69, 9.17) is 23.7 Å². The van der Waals surface area contributed by atoms with Crippen LogP contribution in [0.1, 0.15) is 59.0 Å². The Morgan fingerprint density at radius 1 is 0.807 bits per heavy atom. The van der Waals surface area contributed by atoms with Crippen LogP contribution >= 0.6 is 0 Å². The van der Waals surface area contributed by atoms with Crippen LogP contribution < -0.4 is 16.0 Å². The minimum absolute atomic E-state index is 0.0385. The molecule has 0 saturated heterocycles. The summed E-state index contributed by atoms with van der Waals surface area (Å²) in [4.78, 5) is 61.8. The van der Waals surface area contributed by atoms with Crippen molar-refractivity contribution >= 4 is 39.8 Å². The van der Waals surface area contributed by atoms with Crippen LogP contribution in [0.5, 0.6) is 0 Å². The Labute approximate surface area is 327 Å². The standard InChI is InChI=1S/C37H46F3N3O13S/c1-24-8-10-27(11-9-24)57(49,50)56-33(37(38,39)40)43-35(48)54-23-26-22-29(44)31-25(6-5-7-28(31)32(26)46)12-14-41-30(45)13-16-51-18-20-53-21-19-52-17-15-42-34(47)55-36(2,3)4/h5-11,22,33H,12-21,23H2,1-4H3,(H,41,45)(H,42,47)(H,43,48). The lowest BCUT2D eigenvalue weighted by molar-refractivity contribution is -0.200. The van der Waals surface area contributed by atoms with Crippen LogP contribution in [0.15, 0.2) is 59.0 Å². The number of hydrogen-bond acceptors (Lipinski definition) is 13. The number of allylic oxidation sites excluding steroid dienone is 1. The number of amides is 3. The molecule has 314 valence electrons. The quantitative estimate of drug-likeness (QED) is 0.0926. The summed E-state index contributed by atoms with van der Waals surface area (Å²) in [5, 5.41) is 6.56. The summed E-state index contributed by atoms with van der Waals surface area (Å²) in [5.41, 5.74) is 0.177. The molecule has 0 saturated carbocycles. The maximum absolute atomic E-state index is 13.6. The average molecular weight is 830 g/mol. The van der Waals surface area contributed by atoms with E-state index in [2.05, 4.69) is 14.8 Å². The summed E-state index contributed by atoms with van der Waals surface area (Å²) in [5.74, 6) is -1.68. The van der Waals surface area contributed by atoms with Crippen molar-refractivity contribution in [2.45, 2.75) is 63.4 Å². The number of aryl methyl sites for hydroxylation is 1. The molecule has 1 aliphatic carbocycles. The van der Waals surface area contributed by atoms with Crippen LogP contribution in [-0.4, -0.2) is 115 Å². The molecule has 1 unspecified atom stereocenters. The van der Waals surface area contributed by atoms with Crippen LogP contribution in [0, 0.1) is 6.92 Å². The van der Waals surface area contributed by atoms with Gasteiger partial charge < -0.3 is 34.3 Å². The summed E-state index contributed by atoms with van der Waals surface area (Å²) in [7, 11) is -4.97. The van der Waals surface area contributed by atoms with Gasteiger partial charge in [0.2, 0.25) is 12.1 Å². The summed E-state index contributed by atoms with van der Waals surface area (Å²) in [6.45, 7) is 7.98. The number of hydrogen-bond donors (Lipinski definition) is 3. The van der Waals surface area contributed by atoms with E-state index in [0.717, 1.165) is 18.2 Å². The molecule has 16 nitrogen and oxygen atoms in total. The molecule has 0 radical (unpaired) electrons. The van der Waals surface area contributed by atoms with Gasteiger partial charge in [-0.2, -0.15) is 21.6 Å². The van der Waals surface area contributed by atoms with Crippen molar-refractivity contribution in [1.82, 2.24) is 16.0 Å². The molecule has 0 spiro atoms. The normalized spacial score (nSPS) is 13.6. The molecular formula is C37H46F3N3O13S. The number of halogens is 3. The Bertz CT molecular complexity index is 1860. The highest BCUT2D eigenvalue weighted by molar-refractivity contribution is 7.86. The minimum atomic E-state index is -5.38. The van der Waals surface area contributed by atoms with Crippen LogP contribution in [0.3, 0.4) is 0 Å². The number of ether oxygens (including phenoxy) is 5. The fraction of sp³-hybridized carbons (Fsp3) is 0.486. The van der Waals surface area contributed by atoms with Gasteiger partial charge in [-0.05, 0) is 57.9 Å². The van der Waals surface area contributed by atoms with Gasteiger partial charge in [-0.3, -0.25) is 19.7 Å². The smallest absolute Gasteiger partial charge is 0.435 e. The highest BCUT2D eigenvalue weighted by atomic mass is 32.2. The first-order valence-corrected chi connectivity index (χ1v) is 19.1. The van der Waals surface area contributed by atoms with E-state index in [0.29, 0.717) is 24.3 Å². The van der Waals surface area contributed by atoms with Crippen LogP contribution in [0.4, 0.5) is 22.8 Å². The van der Waals surface area contributed by atoms with Crippen molar-refractivity contribution in [3.63, 3.8) is 0 Å². The lowest BCUT2D eigenvalue weighted by atomic mass is 9.86. The fourth-order valence-corrected chi connectivity index (χ4v) is 5.87. The molecule has 0 fully saturated rings. The van der Waals surface area contributed by atoms with Gasteiger partial charge in [0.25, 0.3) is 10.1 Å². The molecule has 0 aromatic heterocycles. The molecule has 2 aromatic rings. The van der Waals surface area contributed by atoms with Crippen LogP contribution in [0.2, 0.25) is 0 Å². The number of carbonyl (C=O) groups excluding carboxylic acids is 5. The first-order chi connectivity index (χ1) is 26.8. The SMILES string of the molecule is Cc1ccc(S(=O)(=O)OC(NC(=O)OCC2=CC(=O)c3c(CCNC(=O)CCOCCOCCOCCNC(=O)OC(C)(C)C)cccc3C2=O)C(F)(F)F)cc1. The second-order valence-corrected chi connectivity index (χ2v) is 14.9. The molecule has 2 aromatic carbocycles. The second-order valence-electron chi connectivity index (χ2n) is 13.3. The van der Waals surface area contributed by atoms with E-state index >= 15 is 0 Å². The number of carbonyl (C=O) groups is 5. The Kier molecular flexibility index (Phi) is 17.6. The molecular weight excluding hydrogens is 783 g/mol. The van der Waals surface area contributed by atoms with Crippen LogP contribution in [0.25, 0.3) is 0 Å². The third kappa shape index (κ3) is 16.2. The predicted octanol–water partition coefficient (Wildman–Crippen LogP) is 3.94. The molecule has 3 rings (SSSR count). The predicted molar refractivity (Wildman–Crippen MR) is 195 cm³/mol. The van der Waals surface area contributed by atoms with E-state index in [1.165, 1.54) is 29.6 Å². The van der Waals surface area contributed by atoms with Crippen LogP contribution in [-0.2, 0) is 49.2 Å². The molecule has 3 amide bonds. The number of nitrogens with one attached hydrogen (secondary N) is 3. The third-order valence-corrected chi connectivity index (χ3v) is 8.82. The van der Waals surface area contributed by atoms with Gasteiger partial charge >= 0.3 is 18.4 Å². The number of fused-ring (bicyclic) bond motifs is 1. The topological polar surface area (TPSA) is 211 Å². The lowest BCUT2D eigenvalue weighted by Gasteiger charge is -2.22. The zero-order valence-electron chi connectivity index (χ0n) is 31.8. The van der Waals surface area contributed by atoms with Crippen molar-refractivity contribution in [3.8, 4) is 0 Å². The molecule has 0 heterocycles. The molecule has 3 N–H and O–H groups in total. The van der Waals surface area contributed by atoms with E-state index in [1.807, 2.05) is 0 Å². The van der Waals surface area contributed by atoms with E-state index in [9.17, 15) is 45.6 Å². The molecule has 1 atom stereocenters. The summed E-state index contributed by atoms with van der Waals surface area (Å²) in [6.07, 6.45) is -9.88. The maximum atomic E-state index is 13.6. The molecule has 57 heavy (non-hydrogen) atoms. The largest absolute Gasteiger partial charge is 0.444 e. The van der Waals surface area contributed by atoms with Crippen molar-refractivity contribution in [2.75, 3.05) is 59.3 Å². The van der Waals surface area contributed by atoms with Gasteiger partial charge in [-0.1, -0.05) is 35.9 Å². The zero-order chi connectivity index (χ0) is 42.2. The first-order valence-electron chi connectivity index (χ1n) is 17.6. The van der Waals surface area contributed by atoms with Gasteiger partial charge in [0.1, 0.15) is 12.2 Å². The zero-order valence-corrected chi connectivity index (χ0v) is 32.6.